The molecule has 8 heteroatoms. The van der Waals surface area contributed by atoms with Crippen molar-refractivity contribution < 1.29 is 14.5 Å². The van der Waals surface area contributed by atoms with E-state index in [1.807, 2.05) is 13.8 Å². The van der Waals surface area contributed by atoms with Crippen LogP contribution in [0.2, 0.25) is 0 Å². The van der Waals surface area contributed by atoms with Gasteiger partial charge in [0.2, 0.25) is 5.91 Å². The Hall–Kier alpha value is -2.42. The number of aryl methyl sites for hydroxylation is 2. The molecule has 0 aromatic heterocycles. The van der Waals surface area contributed by atoms with Gasteiger partial charge in [-0.3, -0.25) is 4.79 Å². The van der Waals surface area contributed by atoms with E-state index < -0.39 is 9.92 Å². The van der Waals surface area contributed by atoms with Crippen molar-refractivity contribution in [1.82, 2.24) is 4.90 Å². The number of carbonyl (C=O) groups is 1. The molecule has 7 nitrogen and oxygen atoms in total. The fourth-order valence-electron chi connectivity index (χ4n) is 4.34. The number of nitrogens with zero attached hydrogens (tertiary/aromatic N) is 1. The van der Waals surface area contributed by atoms with Gasteiger partial charge in [0, 0.05) is 33.3 Å². The smallest absolute Gasteiger partial charge is 0.219 e. The van der Waals surface area contributed by atoms with Gasteiger partial charge in [-0.05, 0) is 78.5 Å². The number of carbonyl (C=O) groups excluding carboxylic acids is 1. The molecule has 33 heavy (non-hydrogen) atoms. The van der Waals surface area contributed by atoms with Gasteiger partial charge >= 0.3 is 0 Å². The van der Waals surface area contributed by atoms with Gasteiger partial charge in [0.25, 0.3) is 0 Å². The highest BCUT2D eigenvalue weighted by atomic mass is 32.2. The summed E-state index contributed by atoms with van der Waals surface area (Å²) >= 11 is 0. The van der Waals surface area contributed by atoms with E-state index in [1.165, 1.54) is 56.0 Å². The molecule has 0 bridgehead atoms. The molecular weight excluding hydrogens is 436 g/mol. The van der Waals surface area contributed by atoms with Crippen molar-refractivity contribution in [3.05, 3.63) is 58.1 Å². The lowest BCUT2D eigenvalue weighted by Gasteiger charge is -2.15. The number of rotatable bonds is 4. The van der Waals surface area contributed by atoms with Crippen LogP contribution in [0.1, 0.15) is 61.4 Å². The number of amides is 1. The van der Waals surface area contributed by atoms with Crippen molar-refractivity contribution in [2.45, 2.75) is 70.7 Å². The molecule has 6 N–H and O–H groups in total. The average Bonchev–Trinajstić information content (AvgIpc) is 3.42. The first-order valence-electron chi connectivity index (χ1n) is 11.4. The third-order valence-electron chi connectivity index (χ3n) is 5.93. The van der Waals surface area contributed by atoms with Crippen LogP contribution in [-0.4, -0.2) is 34.6 Å². The Morgan fingerprint density at radius 1 is 1.09 bits per heavy atom. The summed E-state index contributed by atoms with van der Waals surface area (Å²) < 4.78 is 18.6. The predicted molar refractivity (Wildman–Crippen MR) is 137 cm³/mol. The highest BCUT2D eigenvalue weighted by Crippen LogP contribution is 2.38. The molecule has 0 spiro atoms. The second-order valence-corrected chi connectivity index (χ2v) is 9.78. The van der Waals surface area contributed by atoms with E-state index in [1.54, 1.807) is 53.6 Å². The summed E-state index contributed by atoms with van der Waals surface area (Å²) in [6.07, 6.45) is 7.89. The van der Waals surface area contributed by atoms with Crippen molar-refractivity contribution in [2.75, 3.05) is 19.4 Å². The quantitative estimate of drug-likeness (QED) is 0.619. The molecule has 0 radical (unpaired) electrons. The molecule has 1 amide bonds. The van der Waals surface area contributed by atoms with Gasteiger partial charge in [0.15, 0.2) is 0 Å². The third kappa shape index (κ3) is 7.28. The van der Waals surface area contributed by atoms with Crippen LogP contribution in [0.5, 0.6) is 0 Å². The van der Waals surface area contributed by atoms with E-state index in [4.69, 9.17) is 9.92 Å². The van der Waals surface area contributed by atoms with Crippen molar-refractivity contribution >= 4 is 21.5 Å². The van der Waals surface area contributed by atoms with Crippen LogP contribution in [0.3, 0.4) is 0 Å². The zero-order valence-electron chi connectivity index (χ0n) is 20.6. The van der Waals surface area contributed by atoms with Crippen LogP contribution in [0.15, 0.2) is 35.2 Å². The molecule has 0 heterocycles. The molecule has 2 aromatic carbocycles. The van der Waals surface area contributed by atoms with Crippen LogP contribution < -0.4 is 10.5 Å². The van der Waals surface area contributed by atoms with Gasteiger partial charge < -0.3 is 15.7 Å². The highest BCUT2D eigenvalue weighted by molar-refractivity contribution is 7.90. The van der Waals surface area contributed by atoms with Crippen molar-refractivity contribution in [1.29, 1.82) is 4.78 Å². The minimum atomic E-state index is -3.18. The fraction of sp³-hybridized carbons (Fsp3) is 0.480. The van der Waals surface area contributed by atoms with Crippen LogP contribution in [0, 0.1) is 4.78 Å². The molecule has 0 saturated heterocycles. The van der Waals surface area contributed by atoms with Gasteiger partial charge in [-0.25, -0.2) is 14.1 Å². The van der Waals surface area contributed by atoms with Crippen LogP contribution >= 0.6 is 0 Å². The normalized spacial score (nSPS) is 14.7. The fourth-order valence-corrected chi connectivity index (χ4v) is 4.94. The number of fused-ring (bicyclic) bond motifs is 2. The first-order valence-corrected chi connectivity index (χ1v) is 13.0. The molecule has 2 aliphatic rings. The van der Waals surface area contributed by atoms with Gasteiger partial charge in [-0.2, -0.15) is 0 Å². The Kier molecular flexibility index (Phi) is 11.0. The molecule has 0 fully saturated rings. The van der Waals surface area contributed by atoms with Crippen LogP contribution in [0.4, 0.5) is 5.69 Å². The Bertz CT molecular complexity index is 1020. The monoisotopic (exact) mass is 476 g/mol. The third-order valence-corrected chi connectivity index (χ3v) is 6.88. The van der Waals surface area contributed by atoms with E-state index in [-0.39, 0.29) is 16.3 Å². The summed E-state index contributed by atoms with van der Waals surface area (Å²) in [6, 6.07) is 9.10. The Balaban J connectivity index is 0.000000300. The molecule has 4 rings (SSSR count). The largest absolute Gasteiger partial charge is 0.412 e. The number of hydrogen-bond donors (Lipinski definition) is 3. The SMILES string of the molecule is CC.CC(=O)N(C)Cc1cccc(S(=N)(N)=O)c1.CNc1c2c(cc3c1CCC3)CCC2.O. The number of hydrogen-bond acceptors (Lipinski definition) is 4. The lowest BCUT2D eigenvalue weighted by Crippen LogP contribution is -2.23. The summed E-state index contributed by atoms with van der Waals surface area (Å²) in [5.41, 5.74) is 8.76. The second-order valence-electron chi connectivity index (χ2n) is 8.11. The van der Waals surface area contributed by atoms with Crippen LogP contribution in [-0.2, 0) is 46.9 Å². The number of nitrogens with one attached hydrogen (secondary N) is 2. The molecule has 2 aromatic rings. The molecule has 0 saturated carbocycles. The molecule has 184 valence electrons. The zero-order valence-corrected chi connectivity index (χ0v) is 21.4. The standard InChI is InChI=1S/C13H17N.C10H15N3O2S.C2H6.H2O/c1-14-13-11-6-2-4-9(11)8-10-5-3-7-12(10)13;1-8(14)13(2)7-9-4-3-5-10(6-9)16(11,12)15;1-2;/h8,14H,2-7H2,1H3;3-6H,7H2,1-2H3,(H3,11,12,15);1-2H3;1H2. The van der Waals surface area contributed by atoms with Gasteiger partial charge in [-0.1, -0.05) is 32.0 Å². The summed E-state index contributed by atoms with van der Waals surface area (Å²) in [5, 5.41) is 8.66. The van der Waals surface area contributed by atoms with Crippen molar-refractivity contribution in [3.63, 3.8) is 0 Å². The Morgan fingerprint density at radius 2 is 1.64 bits per heavy atom. The number of benzene rings is 2. The maximum absolute atomic E-state index is 11.3. The molecule has 2 aliphatic carbocycles. The minimum absolute atomic E-state index is 0. The van der Waals surface area contributed by atoms with Gasteiger partial charge in [0.05, 0.1) is 4.90 Å². The summed E-state index contributed by atoms with van der Waals surface area (Å²) in [7, 11) is 0.567. The summed E-state index contributed by atoms with van der Waals surface area (Å²) in [6.45, 7) is 5.89. The van der Waals surface area contributed by atoms with E-state index in [9.17, 15) is 9.00 Å². The molecular formula is C25H40N4O3S. The van der Waals surface area contributed by atoms with E-state index >= 15 is 0 Å². The zero-order chi connectivity index (χ0) is 23.9. The Labute approximate surface area is 199 Å². The maximum Gasteiger partial charge on any atom is 0.219 e. The Morgan fingerprint density at radius 3 is 2.09 bits per heavy atom. The lowest BCUT2D eigenvalue weighted by atomic mass is 9.99. The lowest BCUT2D eigenvalue weighted by molar-refractivity contribution is -0.128. The first-order chi connectivity index (χ1) is 15.2. The highest BCUT2D eigenvalue weighted by Gasteiger charge is 2.22. The second kappa shape index (κ2) is 12.7. The summed E-state index contributed by atoms with van der Waals surface area (Å²) in [5.74, 6) is -0.0511. The van der Waals surface area contributed by atoms with E-state index in [0.29, 0.717) is 6.54 Å². The molecule has 1 unspecified atom stereocenters. The maximum atomic E-state index is 11.3. The molecule has 0 aliphatic heterocycles. The predicted octanol–water partition coefficient (Wildman–Crippen LogP) is 3.85. The van der Waals surface area contributed by atoms with Gasteiger partial charge in [0.1, 0.15) is 9.92 Å². The number of anilines is 1. The number of nitrogens with two attached hydrogens (primary N) is 1. The van der Waals surface area contributed by atoms with Crippen molar-refractivity contribution in [3.8, 4) is 0 Å². The van der Waals surface area contributed by atoms with E-state index in [0.717, 1.165) is 5.56 Å². The first kappa shape index (κ1) is 28.6. The topological polar surface area (TPSA) is 131 Å². The summed E-state index contributed by atoms with van der Waals surface area (Å²) in [4.78, 5) is 12.8. The minimum Gasteiger partial charge on any atom is -0.412 e. The van der Waals surface area contributed by atoms with Gasteiger partial charge in [-0.15, -0.1) is 0 Å². The molecule has 1 atom stereocenters. The average molecular weight is 477 g/mol. The van der Waals surface area contributed by atoms with Crippen molar-refractivity contribution in [2.24, 2.45) is 5.14 Å². The van der Waals surface area contributed by atoms with Crippen LogP contribution in [0.25, 0.3) is 0 Å². The van der Waals surface area contributed by atoms with E-state index in [2.05, 4.69) is 18.4 Å².